The number of amides is 1. The van der Waals surface area contributed by atoms with Crippen LogP contribution in [0, 0.1) is 39.7 Å². The molecule has 11 heteroatoms. The number of nitriles is 1. The summed E-state index contributed by atoms with van der Waals surface area (Å²) in [7, 11) is 0. The number of alkyl carbamates (subject to hydrolysis) is 1. The van der Waals surface area contributed by atoms with Gasteiger partial charge in [0, 0.05) is 31.6 Å². The maximum Gasteiger partial charge on any atom is 0.407 e. The number of nitro benzene ring substituents is 1. The normalized spacial score (nSPS) is 20.8. The second kappa shape index (κ2) is 16.2. The summed E-state index contributed by atoms with van der Waals surface area (Å²) in [6.07, 6.45) is 0.580. The fourth-order valence-corrected chi connectivity index (χ4v) is 4.95. The summed E-state index contributed by atoms with van der Waals surface area (Å²) in [6, 6.07) is 17.9. The Morgan fingerprint density at radius 3 is 2.67 bits per heavy atom. The van der Waals surface area contributed by atoms with Crippen LogP contribution in [-0.2, 0) is 20.6 Å². The Morgan fingerprint density at radius 2 is 2.00 bits per heavy atom. The first-order chi connectivity index (χ1) is 20.1. The molecule has 2 aromatic carbocycles. The van der Waals surface area contributed by atoms with Gasteiger partial charge in [-0.2, -0.15) is 5.26 Å². The number of nitrogens with one attached hydrogen (secondary N) is 2. The number of benzene rings is 2. The van der Waals surface area contributed by atoms with E-state index in [0.717, 1.165) is 24.0 Å². The van der Waals surface area contributed by atoms with Crippen LogP contribution < -0.4 is 10.6 Å². The highest BCUT2D eigenvalue weighted by Gasteiger charge is 2.44. The van der Waals surface area contributed by atoms with Crippen molar-refractivity contribution in [1.82, 2.24) is 10.6 Å². The van der Waals surface area contributed by atoms with Crippen molar-refractivity contribution in [3.63, 3.8) is 0 Å². The molecule has 0 aliphatic carbocycles. The van der Waals surface area contributed by atoms with E-state index in [4.69, 9.17) is 19.5 Å². The first-order valence-corrected chi connectivity index (χ1v) is 14.3. The lowest BCUT2D eigenvalue weighted by Gasteiger charge is -2.28. The summed E-state index contributed by atoms with van der Waals surface area (Å²) in [4.78, 5) is 22.4. The van der Waals surface area contributed by atoms with Gasteiger partial charge in [0.05, 0.1) is 42.3 Å². The van der Waals surface area contributed by atoms with Crippen LogP contribution in [0.1, 0.15) is 44.2 Å². The first kappa shape index (κ1) is 32.9. The zero-order valence-corrected chi connectivity index (χ0v) is 24.5. The third-order valence-corrected chi connectivity index (χ3v) is 7.39. The summed E-state index contributed by atoms with van der Waals surface area (Å²) in [5, 5.41) is 36.0. The minimum atomic E-state index is -0.808. The monoisotopic (exact) mass is 582 g/mol. The molecule has 228 valence electrons. The van der Waals surface area contributed by atoms with Crippen LogP contribution in [0.2, 0.25) is 0 Å². The molecule has 42 heavy (non-hydrogen) atoms. The SMILES string of the molecule is CC(C)(CCC#N)CNC[C@@H](O)[C@H](Cc1ccccc1)NC(=O)O[C@H]1CO[C@H]2OCC[C@H]21.Cc1cccc([N+](=O)[O-])c1. The van der Waals surface area contributed by atoms with E-state index < -0.39 is 23.2 Å². The van der Waals surface area contributed by atoms with Gasteiger partial charge in [-0.15, -0.1) is 0 Å². The van der Waals surface area contributed by atoms with Crippen molar-refractivity contribution >= 4 is 11.8 Å². The summed E-state index contributed by atoms with van der Waals surface area (Å²) in [5.74, 6) is 0.0653. The van der Waals surface area contributed by atoms with Crippen LogP contribution in [0.25, 0.3) is 0 Å². The number of nitro groups is 1. The zero-order valence-electron chi connectivity index (χ0n) is 24.5. The molecule has 2 aromatic rings. The molecule has 2 aliphatic heterocycles. The summed E-state index contributed by atoms with van der Waals surface area (Å²) in [6.45, 7) is 7.92. The third kappa shape index (κ3) is 10.7. The van der Waals surface area contributed by atoms with Gasteiger partial charge >= 0.3 is 6.09 Å². The van der Waals surface area contributed by atoms with E-state index in [1.165, 1.54) is 6.07 Å². The molecule has 1 amide bonds. The number of ether oxygens (including phenoxy) is 3. The Kier molecular flexibility index (Phi) is 12.7. The lowest BCUT2D eigenvalue weighted by atomic mass is 9.88. The maximum absolute atomic E-state index is 12.7. The van der Waals surface area contributed by atoms with E-state index in [0.29, 0.717) is 39.1 Å². The summed E-state index contributed by atoms with van der Waals surface area (Å²) in [5.41, 5.74) is 2.02. The molecule has 0 bridgehead atoms. The highest BCUT2D eigenvalue weighted by Crippen LogP contribution is 2.33. The Labute approximate surface area is 247 Å². The highest BCUT2D eigenvalue weighted by atomic mass is 16.7. The van der Waals surface area contributed by atoms with Crippen LogP contribution in [-0.4, -0.2) is 67.0 Å². The van der Waals surface area contributed by atoms with E-state index in [1.807, 2.05) is 43.3 Å². The number of aliphatic hydroxyl groups excluding tert-OH is 1. The second-order valence-corrected chi connectivity index (χ2v) is 11.5. The van der Waals surface area contributed by atoms with Gasteiger partial charge in [0.1, 0.15) is 6.10 Å². The predicted molar refractivity (Wildman–Crippen MR) is 156 cm³/mol. The molecule has 2 aliphatic rings. The van der Waals surface area contributed by atoms with Gasteiger partial charge in [0.25, 0.3) is 5.69 Å². The Bertz CT molecular complexity index is 1190. The average molecular weight is 583 g/mol. The quantitative estimate of drug-likeness (QED) is 0.246. The van der Waals surface area contributed by atoms with E-state index >= 15 is 0 Å². The van der Waals surface area contributed by atoms with Crippen LogP contribution in [0.4, 0.5) is 10.5 Å². The maximum atomic E-state index is 12.7. The number of aryl methyl sites for hydroxylation is 1. The lowest BCUT2D eigenvalue weighted by molar-refractivity contribution is -0.384. The molecule has 0 radical (unpaired) electrons. The number of fused-ring (bicyclic) bond motifs is 1. The minimum absolute atomic E-state index is 0.0564. The Hall–Kier alpha value is -3.56. The fourth-order valence-electron chi connectivity index (χ4n) is 4.95. The number of nitrogens with zero attached hydrogens (tertiary/aromatic N) is 2. The molecule has 4 rings (SSSR count). The molecule has 0 aromatic heterocycles. The van der Waals surface area contributed by atoms with Gasteiger partial charge in [0.2, 0.25) is 0 Å². The number of rotatable bonds is 12. The van der Waals surface area contributed by atoms with Crippen molar-refractivity contribution in [2.75, 3.05) is 26.3 Å². The van der Waals surface area contributed by atoms with Crippen molar-refractivity contribution in [2.45, 2.75) is 71.0 Å². The Morgan fingerprint density at radius 1 is 1.24 bits per heavy atom. The van der Waals surface area contributed by atoms with Gasteiger partial charge in [0.15, 0.2) is 6.29 Å². The zero-order chi connectivity index (χ0) is 30.5. The van der Waals surface area contributed by atoms with Crippen molar-refractivity contribution in [3.05, 3.63) is 75.8 Å². The molecule has 0 saturated carbocycles. The minimum Gasteiger partial charge on any atom is -0.443 e. The number of hydrogen-bond donors (Lipinski definition) is 3. The van der Waals surface area contributed by atoms with E-state index in [2.05, 4.69) is 30.6 Å². The molecule has 0 spiro atoms. The summed E-state index contributed by atoms with van der Waals surface area (Å²) < 4.78 is 16.7. The number of carbonyl (C=O) groups excluding carboxylic acids is 1. The van der Waals surface area contributed by atoms with Crippen molar-refractivity contribution in [1.29, 1.82) is 5.26 Å². The smallest absolute Gasteiger partial charge is 0.407 e. The molecule has 11 nitrogen and oxygen atoms in total. The van der Waals surface area contributed by atoms with Gasteiger partial charge in [-0.3, -0.25) is 10.1 Å². The molecule has 0 unspecified atom stereocenters. The van der Waals surface area contributed by atoms with Gasteiger partial charge in [-0.05, 0) is 42.7 Å². The molecular weight excluding hydrogens is 540 g/mol. The largest absolute Gasteiger partial charge is 0.443 e. The van der Waals surface area contributed by atoms with Gasteiger partial charge in [-0.1, -0.05) is 56.3 Å². The topological polar surface area (TPSA) is 156 Å². The van der Waals surface area contributed by atoms with Gasteiger partial charge < -0.3 is 30.0 Å². The number of carbonyl (C=O) groups is 1. The van der Waals surface area contributed by atoms with Crippen LogP contribution in [0.5, 0.6) is 0 Å². The van der Waals surface area contributed by atoms with Crippen molar-refractivity contribution in [2.24, 2.45) is 11.3 Å². The first-order valence-electron chi connectivity index (χ1n) is 14.3. The fraction of sp³-hybridized carbons (Fsp3) is 0.548. The molecule has 2 fully saturated rings. The van der Waals surface area contributed by atoms with Crippen LogP contribution >= 0.6 is 0 Å². The van der Waals surface area contributed by atoms with Crippen molar-refractivity contribution in [3.8, 4) is 6.07 Å². The molecule has 2 heterocycles. The number of aliphatic hydroxyl groups is 1. The highest BCUT2D eigenvalue weighted by molar-refractivity contribution is 5.68. The Balaban J connectivity index is 0.000000408. The second-order valence-electron chi connectivity index (χ2n) is 11.5. The van der Waals surface area contributed by atoms with Crippen molar-refractivity contribution < 1.29 is 29.0 Å². The molecule has 5 atom stereocenters. The van der Waals surface area contributed by atoms with Crippen LogP contribution in [0.3, 0.4) is 0 Å². The lowest BCUT2D eigenvalue weighted by Crippen LogP contribution is -2.50. The van der Waals surface area contributed by atoms with E-state index in [-0.39, 0.29) is 29.4 Å². The number of non-ortho nitro benzene ring substituents is 1. The predicted octanol–water partition coefficient (Wildman–Crippen LogP) is 4.27. The average Bonchev–Trinajstić information content (AvgIpc) is 3.57. The molecule has 3 N–H and O–H groups in total. The summed E-state index contributed by atoms with van der Waals surface area (Å²) >= 11 is 0. The van der Waals surface area contributed by atoms with Crippen LogP contribution in [0.15, 0.2) is 54.6 Å². The number of hydrogen-bond acceptors (Lipinski definition) is 9. The standard InChI is InChI=1S/C24H35N3O5.C7H7NO2/c1-24(2,10-6-11-25)16-26-14-20(28)19(13-17-7-4-3-5-8-17)27-23(29)32-21-15-31-22-18(21)9-12-30-22;1-6-3-2-4-7(5-6)8(9)10/h3-5,7-8,18-22,26,28H,6,9-10,12-16H2,1-2H3,(H,27,29);2-5H,1H3/t18-,19-,20+,21-,22+;/m0./s1. The van der Waals surface area contributed by atoms with E-state index in [9.17, 15) is 20.0 Å². The molecule has 2 saturated heterocycles. The van der Waals surface area contributed by atoms with Gasteiger partial charge in [-0.25, -0.2) is 4.79 Å². The molecular formula is C31H42N4O7. The third-order valence-electron chi connectivity index (χ3n) is 7.39. The van der Waals surface area contributed by atoms with E-state index in [1.54, 1.807) is 12.1 Å².